The van der Waals surface area contributed by atoms with Gasteiger partial charge >= 0.3 is 0 Å². The second-order valence-electron chi connectivity index (χ2n) is 10.5. The van der Waals surface area contributed by atoms with Crippen LogP contribution in [0.15, 0.2) is 52.9 Å². The van der Waals surface area contributed by atoms with Crippen LogP contribution in [0.25, 0.3) is 0 Å². The van der Waals surface area contributed by atoms with Gasteiger partial charge in [-0.3, -0.25) is 4.79 Å². The minimum Gasteiger partial charge on any atom is -0.491 e. The van der Waals surface area contributed by atoms with Gasteiger partial charge in [-0.15, -0.1) is 0 Å². The fourth-order valence-corrected chi connectivity index (χ4v) is 6.13. The summed E-state index contributed by atoms with van der Waals surface area (Å²) in [5.74, 6) is 0.538. The van der Waals surface area contributed by atoms with Gasteiger partial charge in [0.05, 0.1) is 24.5 Å². The Kier molecular flexibility index (Phi) is 10.5. The van der Waals surface area contributed by atoms with E-state index in [1.54, 1.807) is 25.3 Å². The van der Waals surface area contributed by atoms with Crippen LogP contribution in [0.1, 0.15) is 54.6 Å². The lowest BCUT2D eigenvalue weighted by Crippen LogP contribution is -2.35. The molecule has 2 aliphatic rings. The molecular weight excluding hydrogens is 536 g/mol. The second kappa shape index (κ2) is 13.8. The minimum absolute atomic E-state index is 0.0837. The molecule has 212 valence electrons. The van der Waals surface area contributed by atoms with E-state index in [2.05, 4.69) is 29.2 Å². The van der Waals surface area contributed by atoms with Gasteiger partial charge in [0.1, 0.15) is 5.75 Å². The quantitative estimate of drug-likeness (QED) is 0.335. The van der Waals surface area contributed by atoms with Gasteiger partial charge in [-0.05, 0) is 79.0 Å². The highest BCUT2D eigenvalue weighted by atomic mass is 35.5. The van der Waals surface area contributed by atoms with E-state index in [0.29, 0.717) is 31.0 Å². The molecule has 4 rings (SSSR count). The van der Waals surface area contributed by atoms with Crippen molar-refractivity contribution in [2.75, 3.05) is 30.9 Å². The smallest absolute Gasteiger partial charge is 0.254 e. The van der Waals surface area contributed by atoms with E-state index in [4.69, 9.17) is 21.1 Å². The number of anilines is 1. The number of carbonyl (C=O) groups is 1. The Morgan fingerprint density at radius 1 is 1.13 bits per heavy atom. The highest BCUT2D eigenvalue weighted by molar-refractivity contribution is 7.75. The number of halogens is 1. The normalized spacial score (nSPS) is 26.5. The van der Waals surface area contributed by atoms with E-state index in [-0.39, 0.29) is 30.1 Å². The predicted octanol–water partition coefficient (Wildman–Crippen LogP) is 5.96. The lowest BCUT2D eigenvalue weighted by Gasteiger charge is -2.34. The van der Waals surface area contributed by atoms with Gasteiger partial charge in [-0.25, -0.2) is 0 Å². The molecule has 2 aromatic carbocycles. The van der Waals surface area contributed by atoms with Crippen LogP contribution in [-0.2, 0) is 32.5 Å². The number of fused-ring (bicyclic) bond motifs is 2. The Labute approximate surface area is 238 Å². The van der Waals surface area contributed by atoms with E-state index in [0.717, 1.165) is 30.0 Å². The van der Waals surface area contributed by atoms with Crippen LogP contribution in [0, 0.1) is 11.8 Å². The number of aryl methyl sites for hydroxylation is 1. The first-order valence-corrected chi connectivity index (χ1v) is 15.2. The molecule has 9 heteroatoms. The van der Waals surface area contributed by atoms with Crippen LogP contribution >= 0.6 is 11.6 Å². The number of methoxy groups -OCH3 is 1. The van der Waals surface area contributed by atoms with Gasteiger partial charge < -0.3 is 28.1 Å². The van der Waals surface area contributed by atoms with Crippen molar-refractivity contribution >= 4 is 33.8 Å². The Morgan fingerprint density at radius 2 is 1.95 bits per heavy atom. The van der Waals surface area contributed by atoms with Crippen LogP contribution in [-0.4, -0.2) is 49.2 Å². The second-order valence-corrected chi connectivity index (χ2v) is 12.2. The molecule has 0 aromatic heterocycles. The fraction of sp³-hybridized carbons (Fsp3) is 0.500. The molecule has 2 aromatic rings. The van der Waals surface area contributed by atoms with Crippen LogP contribution in [0.3, 0.4) is 0 Å². The van der Waals surface area contributed by atoms with Crippen LogP contribution in [0.5, 0.6) is 5.75 Å². The van der Waals surface area contributed by atoms with Gasteiger partial charge in [-0.2, -0.15) is 10.6 Å². The molecule has 0 unspecified atom stereocenters. The van der Waals surface area contributed by atoms with E-state index in [9.17, 15) is 14.1 Å². The standard InChI is InChI=1S/C30H38ClN2O5S/c1-20-18-33-19-24-7-9-25(31)16-22(24)6-4-5-14-38-29-11-8-23(17-27(29)33)30(35)32-39(36)15-13-26(34)10-12-28(37-3)21(20)2/h7-12,16-17,20-21,26,28,34H,4-6,13-15,18-19H2,1-3H3/q-1/b12-10+/t20-,21+,26-,28-/m0/s1. The van der Waals surface area contributed by atoms with Crippen molar-refractivity contribution in [2.45, 2.75) is 58.3 Å². The Balaban J connectivity index is 1.83. The number of rotatable bonds is 1. The van der Waals surface area contributed by atoms with E-state index < -0.39 is 22.6 Å². The van der Waals surface area contributed by atoms with E-state index in [1.807, 2.05) is 24.3 Å². The number of ether oxygens (including phenoxy) is 2. The van der Waals surface area contributed by atoms with Crippen molar-refractivity contribution in [3.63, 3.8) is 0 Å². The molecule has 1 N–H and O–H groups in total. The molecule has 39 heavy (non-hydrogen) atoms. The predicted molar refractivity (Wildman–Crippen MR) is 156 cm³/mol. The largest absolute Gasteiger partial charge is 0.491 e. The van der Waals surface area contributed by atoms with Gasteiger partial charge in [-0.1, -0.05) is 49.4 Å². The van der Waals surface area contributed by atoms with Crippen LogP contribution in [0.2, 0.25) is 5.02 Å². The third-order valence-corrected chi connectivity index (χ3v) is 8.86. The van der Waals surface area contributed by atoms with Crippen molar-refractivity contribution in [1.82, 2.24) is 0 Å². The number of benzene rings is 2. The molecule has 0 saturated carbocycles. The van der Waals surface area contributed by atoms with E-state index >= 15 is 0 Å². The van der Waals surface area contributed by atoms with Gasteiger partial charge in [0, 0.05) is 30.8 Å². The number of aliphatic hydroxyl groups is 1. The summed E-state index contributed by atoms with van der Waals surface area (Å²) >= 11 is 6.37. The van der Waals surface area contributed by atoms with Crippen molar-refractivity contribution in [2.24, 2.45) is 16.2 Å². The molecule has 2 aliphatic heterocycles. The summed E-state index contributed by atoms with van der Waals surface area (Å²) in [7, 11) is -0.0791. The molecular formula is C30H38ClN2O5S-. The summed E-state index contributed by atoms with van der Waals surface area (Å²) in [6, 6.07) is 11.4. The zero-order valence-corrected chi connectivity index (χ0v) is 24.4. The molecule has 0 spiro atoms. The third kappa shape index (κ3) is 7.84. The SMILES string of the molecule is CO[C@H]1/C=C/[C@H](O)CC[S-](=O)=NC(=O)c2ccc3c(c2)N(Cc2ccc(Cl)cc2CCCCO3)C[C@H](C)[C@H]1C. The maximum atomic E-state index is 13.0. The summed E-state index contributed by atoms with van der Waals surface area (Å²) in [5, 5.41) is 11.1. The Hall–Kier alpha value is -2.39. The molecule has 0 fully saturated rings. The fourth-order valence-electron chi connectivity index (χ4n) is 5.11. The summed E-state index contributed by atoms with van der Waals surface area (Å²) in [6.45, 7) is 6.16. The summed E-state index contributed by atoms with van der Waals surface area (Å²) in [5.41, 5.74) is 3.54. The zero-order chi connectivity index (χ0) is 27.9. The third-order valence-electron chi connectivity index (χ3n) is 7.67. The average molecular weight is 574 g/mol. The first-order chi connectivity index (χ1) is 18.7. The highest BCUT2D eigenvalue weighted by Crippen LogP contribution is 2.35. The minimum atomic E-state index is -1.75. The molecule has 7 nitrogen and oxygen atoms in total. The lowest BCUT2D eigenvalue weighted by atomic mass is 9.89. The van der Waals surface area contributed by atoms with Crippen LogP contribution < -0.4 is 9.64 Å². The lowest BCUT2D eigenvalue weighted by molar-refractivity contribution is 0.0736. The number of amides is 1. The van der Waals surface area contributed by atoms with Crippen molar-refractivity contribution in [3.05, 3.63) is 70.3 Å². The summed E-state index contributed by atoms with van der Waals surface area (Å²) in [6.07, 6.45) is 5.55. The van der Waals surface area contributed by atoms with Crippen molar-refractivity contribution in [1.29, 1.82) is 0 Å². The number of hydrogen-bond donors (Lipinski definition) is 1. The Bertz CT molecular complexity index is 1280. The number of nitrogens with zero attached hydrogens (tertiary/aromatic N) is 2. The molecule has 4 atom stereocenters. The summed E-state index contributed by atoms with van der Waals surface area (Å²) < 4.78 is 28.5. The van der Waals surface area contributed by atoms with E-state index in [1.165, 1.54) is 11.1 Å². The first-order valence-electron chi connectivity index (χ1n) is 13.6. The molecule has 2 heterocycles. The maximum Gasteiger partial charge on any atom is 0.254 e. The van der Waals surface area contributed by atoms with Gasteiger partial charge in [0.25, 0.3) is 5.91 Å². The monoisotopic (exact) mass is 573 g/mol. The first kappa shape index (κ1) is 29.6. The molecule has 0 radical (unpaired) electrons. The van der Waals surface area contributed by atoms with Crippen molar-refractivity contribution in [3.8, 4) is 5.75 Å². The topological polar surface area (TPSA) is 88.4 Å². The molecule has 1 amide bonds. The number of hydrogen-bond acceptors (Lipinski definition) is 7. The van der Waals surface area contributed by atoms with Gasteiger partial charge in [0.2, 0.25) is 0 Å². The van der Waals surface area contributed by atoms with Crippen molar-refractivity contribution < 1.29 is 23.6 Å². The number of aliphatic hydroxyl groups excluding tert-OH is 1. The molecule has 0 aliphatic carbocycles. The molecule has 0 saturated heterocycles. The highest BCUT2D eigenvalue weighted by Gasteiger charge is 2.26. The average Bonchev–Trinajstić information content (AvgIpc) is 2.94. The maximum absolute atomic E-state index is 13.0. The Morgan fingerprint density at radius 3 is 2.74 bits per heavy atom. The summed E-state index contributed by atoms with van der Waals surface area (Å²) in [4.78, 5) is 15.3. The zero-order valence-electron chi connectivity index (χ0n) is 22.8. The van der Waals surface area contributed by atoms with Gasteiger partial charge in [0.15, 0.2) is 0 Å². The number of carbonyl (C=O) groups excluding carboxylic acids is 1. The molecule has 2 bridgehead atoms. The van der Waals surface area contributed by atoms with Crippen LogP contribution in [0.4, 0.5) is 5.69 Å².